The number of aryl methyl sites for hydroxylation is 1. The molecule has 4 heteroatoms. The summed E-state index contributed by atoms with van der Waals surface area (Å²) in [7, 11) is 0. The van der Waals surface area contributed by atoms with Gasteiger partial charge in [0.15, 0.2) is 0 Å². The van der Waals surface area contributed by atoms with E-state index < -0.39 is 0 Å². The van der Waals surface area contributed by atoms with Crippen molar-refractivity contribution in [2.75, 3.05) is 0 Å². The zero-order chi connectivity index (χ0) is 18.1. The third-order valence-corrected chi connectivity index (χ3v) is 6.45. The van der Waals surface area contributed by atoms with E-state index >= 15 is 0 Å². The van der Waals surface area contributed by atoms with Crippen molar-refractivity contribution >= 4 is 28.1 Å². The number of rotatable bonds is 4. The maximum atomic E-state index is 13.0. The highest BCUT2D eigenvalue weighted by atomic mass is 32.1. The third kappa shape index (κ3) is 3.30. The SMILES string of the molecule is CCc1ccc(C([O-])=CC2CCC(C)CC2)c2[nH]c(-c3cccs3)nc12. The smallest absolute Gasteiger partial charge is 0.148 e. The zero-order valence-electron chi connectivity index (χ0n) is 15.4. The van der Waals surface area contributed by atoms with Crippen LogP contribution in [0, 0.1) is 11.8 Å². The molecule has 4 rings (SSSR count). The summed E-state index contributed by atoms with van der Waals surface area (Å²) in [4.78, 5) is 9.34. The van der Waals surface area contributed by atoms with E-state index in [1.165, 1.54) is 18.4 Å². The van der Waals surface area contributed by atoms with Crippen molar-refractivity contribution in [3.8, 4) is 10.7 Å². The van der Waals surface area contributed by atoms with E-state index in [4.69, 9.17) is 4.98 Å². The van der Waals surface area contributed by atoms with Crippen LogP contribution in [-0.2, 0) is 6.42 Å². The summed E-state index contributed by atoms with van der Waals surface area (Å²) < 4.78 is 0. The molecule has 0 aliphatic heterocycles. The van der Waals surface area contributed by atoms with Gasteiger partial charge >= 0.3 is 0 Å². The lowest BCUT2D eigenvalue weighted by Gasteiger charge is -2.26. The number of benzene rings is 1. The second-order valence-electron chi connectivity index (χ2n) is 7.46. The lowest BCUT2D eigenvalue weighted by molar-refractivity contribution is -0.244. The predicted molar refractivity (Wildman–Crippen MR) is 108 cm³/mol. The first-order valence-corrected chi connectivity index (χ1v) is 10.5. The van der Waals surface area contributed by atoms with Crippen LogP contribution in [-0.4, -0.2) is 9.97 Å². The predicted octanol–water partition coefficient (Wildman–Crippen LogP) is 5.38. The van der Waals surface area contributed by atoms with E-state index in [0.717, 1.165) is 52.5 Å². The second kappa shape index (κ2) is 7.28. The van der Waals surface area contributed by atoms with Crippen LogP contribution in [0.4, 0.5) is 0 Å². The average molecular weight is 366 g/mol. The molecule has 2 aromatic heterocycles. The van der Waals surface area contributed by atoms with Crippen molar-refractivity contribution in [2.24, 2.45) is 11.8 Å². The minimum Gasteiger partial charge on any atom is -0.872 e. The number of allylic oxidation sites excluding steroid dienone is 1. The van der Waals surface area contributed by atoms with Gasteiger partial charge in [0.05, 0.1) is 15.9 Å². The summed E-state index contributed by atoms with van der Waals surface area (Å²) in [5.41, 5.74) is 3.76. The molecule has 0 atom stereocenters. The Bertz CT molecular complexity index is 915. The van der Waals surface area contributed by atoms with E-state index in [1.807, 2.05) is 23.6 Å². The molecule has 0 bridgehead atoms. The van der Waals surface area contributed by atoms with Gasteiger partial charge in [-0.15, -0.1) is 17.1 Å². The van der Waals surface area contributed by atoms with Gasteiger partial charge in [-0.1, -0.05) is 51.0 Å². The number of nitrogens with zero attached hydrogens (tertiary/aromatic N) is 1. The molecule has 3 aromatic rings. The molecule has 0 spiro atoms. The quantitative estimate of drug-likeness (QED) is 0.631. The number of fused-ring (bicyclic) bond motifs is 1. The Morgan fingerprint density at radius 3 is 2.77 bits per heavy atom. The molecule has 1 aliphatic rings. The van der Waals surface area contributed by atoms with Crippen molar-refractivity contribution in [3.05, 3.63) is 46.8 Å². The van der Waals surface area contributed by atoms with E-state index in [2.05, 4.69) is 31.0 Å². The minimum atomic E-state index is 0.138. The molecule has 1 aliphatic carbocycles. The fraction of sp³-hybridized carbons (Fsp3) is 0.409. The molecule has 1 N–H and O–H groups in total. The highest BCUT2D eigenvalue weighted by Crippen LogP contribution is 2.33. The van der Waals surface area contributed by atoms with E-state index in [-0.39, 0.29) is 5.76 Å². The number of imidazole rings is 1. The summed E-state index contributed by atoms with van der Waals surface area (Å²) in [6.45, 7) is 4.44. The van der Waals surface area contributed by atoms with Crippen LogP contribution in [0.2, 0.25) is 0 Å². The number of nitrogens with one attached hydrogen (secondary N) is 1. The van der Waals surface area contributed by atoms with Crippen LogP contribution in [0.15, 0.2) is 35.7 Å². The Hall–Kier alpha value is -2.07. The van der Waals surface area contributed by atoms with Gasteiger partial charge < -0.3 is 10.1 Å². The molecule has 136 valence electrons. The van der Waals surface area contributed by atoms with Gasteiger partial charge in [-0.2, -0.15) is 0 Å². The van der Waals surface area contributed by atoms with E-state index in [1.54, 1.807) is 11.3 Å². The van der Waals surface area contributed by atoms with Crippen LogP contribution in [0.1, 0.15) is 50.7 Å². The van der Waals surface area contributed by atoms with Gasteiger partial charge in [0, 0.05) is 0 Å². The highest BCUT2D eigenvalue weighted by Gasteiger charge is 2.17. The Morgan fingerprint density at radius 1 is 1.27 bits per heavy atom. The molecule has 2 heterocycles. The second-order valence-corrected chi connectivity index (χ2v) is 8.41. The maximum Gasteiger partial charge on any atom is 0.148 e. The standard InChI is InChI=1S/C22H26N2OS/c1-3-16-10-11-17(18(25)13-15-8-6-14(2)7-9-15)21-20(16)23-22(24-21)19-5-4-12-26-19/h4-5,10-15,25H,3,6-9H2,1-2H3,(H,23,24)/p-1. The van der Waals surface area contributed by atoms with Gasteiger partial charge in [-0.3, -0.25) is 0 Å². The number of aromatic nitrogens is 2. The Labute approximate surface area is 158 Å². The van der Waals surface area contributed by atoms with Crippen molar-refractivity contribution in [1.82, 2.24) is 9.97 Å². The van der Waals surface area contributed by atoms with Crippen molar-refractivity contribution in [2.45, 2.75) is 46.0 Å². The largest absolute Gasteiger partial charge is 0.872 e. The topological polar surface area (TPSA) is 51.7 Å². The Balaban J connectivity index is 1.75. The van der Waals surface area contributed by atoms with E-state index in [0.29, 0.717) is 5.92 Å². The summed E-state index contributed by atoms with van der Waals surface area (Å²) in [6.07, 6.45) is 7.58. The summed E-state index contributed by atoms with van der Waals surface area (Å²) in [5.74, 6) is 2.21. The van der Waals surface area contributed by atoms with Crippen molar-refractivity contribution in [1.29, 1.82) is 0 Å². The Morgan fingerprint density at radius 2 is 2.08 bits per heavy atom. The van der Waals surface area contributed by atoms with Gasteiger partial charge in [-0.25, -0.2) is 4.98 Å². The summed E-state index contributed by atoms with van der Waals surface area (Å²) in [5, 5.41) is 15.1. The summed E-state index contributed by atoms with van der Waals surface area (Å²) in [6, 6.07) is 8.12. The van der Waals surface area contributed by atoms with Crippen LogP contribution in [0.5, 0.6) is 0 Å². The molecular formula is C22H25N2OS-. The molecule has 0 saturated heterocycles. The number of hydrogen-bond donors (Lipinski definition) is 1. The van der Waals surface area contributed by atoms with Gasteiger partial charge in [-0.05, 0) is 53.7 Å². The first-order valence-electron chi connectivity index (χ1n) is 9.60. The zero-order valence-corrected chi connectivity index (χ0v) is 16.2. The molecule has 0 amide bonds. The monoisotopic (exact) mass is 365 g/mol. The first kappa shape index (κ1) is 17.3. The minimum absolute atomic E-state index is 0.138. The molecule has 3 nitrogen and oxygen atoms in total. The van der Waals surface area contributed by atoms with Gasteiger partial charge in [0.25, 0.3) is 0 Å². The Kier molecular flexibility index (Phi) is 4.86. The first-order chi connectivity index (χ1) is 12.7. The normalized spacial score (nSPS) is 21.4. The molecule has 0 radical (unpaired) electrons. The molecule has 26 heavy (non-hydrogen) atoms. The number of aromatic amines is 1. The van der Waals surface area contributed by atoms with Crippen LogP contribution in [0.25, 0.3) is 27.5 Å². The highest BCUT2D eigenvalue weighted by molar-refractivity contribution is 7.13. The summed E-state index contributed by atoms with van der Waals surface area (Å²) >= 11 is 1.66. The molecule has 0 unspecified atom stereocenters. The fourth-order valence-corrected chi connectivity index (χ4v) is 4.59. The van der Waals surface area contributed by atoms with Crippen LogP contribution >= 0.6 is 11.3 Å². The van der Waals surface area contributed by atoms with Gasteiger partial charge in [0.2, 0.25) is 0 Å². The van der Waals surface area contributed by atoms with Gasteiger partial charge in [0.1, 0.15) is 5.82 Å². The number of thiophene rings is 1. The fourth-order valence-electron chi connectivity index (χ4n) is 3.92. The van der Waals surface area contributed by atoms with Crippen molar-refractivity contribution < 1.29 is 5.11 Å². The number of H-pyrrole nitrogens is 1. The lowest BCUT2D eigenvalue weighted by atomic mass is 9.82. The molecule has 1 saturated carbocycles. The molecule has 1 aromatic carbocycles. The average Bonchev–Trinajstić information content (AvgIpc) is 3.32. The number of hydrogen-bond acceptors (Lipinski definition) is 3. The molecule has 1 fully saturated rings. The lowest BCUT2D eigenvalue weighted by Crippen LogP contribution is -2.13. The van der Waals surface area contributed by atoms with Crippen molar-refractivity contribution in [3.63, 3.8) is 0 Å². The van der Waals surface area contributed by atoms with E-state index in [9.17, 15) is 5.11 Å². The van der Waals surface area contributed by atoms with Crippen LogP contribution < -0.4 is 5.11 Å². The maximum absolute atomic E-state index is 13.0. The third-order valence-electron chi connectivity index (χ3n) is 5.58. The molecular weight excluding hydrogens is 340 g/mol. The van der Waals surface area contributed by atoms with Crippen LogP contribution in [0.3, 0.4) is 0 Å².